The second kappa shape index (κ2) is 8.11. The standard InChI is InChI=1S/C33H24OS/c1-34-29-20-23-10-3-2-9-22(23)18-25(29)14-15-26-19-24-11-5-7-13-28(24)32-31-27-12-6-4-8-21(27)16-17-30(31)35-33(26)32/h2-13,16-20H,14-15H2,1H3. The highest BCUT2D eigenvalue weighted by molar-refractivity contribution is 7.26. The van der Waals surface area contributed by atoms with Gasteiger partial charge < -0.3 is 4.74 Å². The van der Waals surface area contributed by atoms with Crippen LogP contribution in [0.1, 0.15) is 11.1 Å². The normalized spacial score (nSPS) is 11.8. The Kier molecular flexibility index (Phi) is 4.75. The van der Waals surface area contributed by atoms with Crippen LogP contribution in [-0.2, 0) is 12.8 Å². The van der Waals surface area contributed by atoms with Gasteiger partial charge in [-0.05, 0) is 80.6 Å². The van der Waals surface area contributed by atoms with Crippen LogP contribution in [0.5, 0.6) is 5.75 Å². The molecular formula is C33H24OS. The minimum absolute atomic E-state index is 0.941. The van der Waals surface area contributed by atoms with E-state index in [4.69, 9.17) is 4.74 Å². The zero-order chi connectivity index (χ0) is 23.4. The molecule has 7 rings (SSSR count). The maximum Gasteiger partial charge on any atom is 0.122 e. The molecule has 35 heavy (non-hydrogen) atoms. The first-order chi connectivity index (χ1) is 17.3. The second-order valence-electron chi connectivity index (χ2n) is 9.23. The molecule has 0 aliphatic rings. The van der Waals surface area contributed by atoms with Crippen LogP contribution < -0.4 is 4.74 Å². The summed E-state index contributed by atoms with van der Waals surface area (Å²) in [5.74, 6) is 0.975. The van der Waals surface area contributed by atoms with Crippen molar-refractivity contribution in [2.45, 2.75) is 12.8 Å². The van der Waals surface area contributed by atoms with Crippen molar-refractivity contribution in [3.8, 4) is 5.75 Å². The van der Waals surface area contributed by atoms with Crippen molar-refractivity contribution in [3.63, 3.8) is 0 Å². The Morgan fingerprint density at radius 2 is 1.17 bits per heavy atom. The molecule has 0 spiro atoms. The van der Waals surface area contributed by atoms with E-state index in [1.54, 1.807) is 7.11 Å². The van der Waals surface area contributed by atoms with E-state index in [2.05, 4.69) is 103 Å². The van der Waals surface area contributed by atoms with Gasteiger partial charge in [0.1, 0.15) is 5.75 Å². The first kappa shape index (κ1) is 20.5. The highest BCUT2D eigenvalue weighted by atomic mass is 32.1. The average molecular weight is 469 g/mol. The van der Waals surface area contributed by atoms with Crippen molar-refractivity contribution in [1.82, 2.24) is 0 Å². The number of benzene rings is 6. The molecule has 0 saturated heterocycles. The predicted molar refractivity (Wildman–Crippen MR) is 152 cm³/mol. The van der Waals surface area contributed by atoms with Gasteiger partial charge in [0.2, 0.25) is 0 Å². The van der Waals surface area contributed by atoms with E-state index >= 15 is 0 Å². The Bertz CT molecular complexity index is 1890. The van der Waals surface area contributed by atoms with Crippen molar-refractivity contribution < 1.29 is 4.74 Å². The minimum atomic E-state index is 0.941. The Balaban J connectivity index is 1.44. The third kappa shape index (κ3) is 3.29. The van der Waals surface area contributed by atoms with E-state index in [9.17, 15) is 0 Å². The van der Waals surface area contributed by atoms with Crippen molar-refractivity contribution in [2.24, 2.45) is 0 Å². The fourth-order valence-corrected chi connectivity index (χ4v) is 6.84. The number of hydrogen-bond donors (Lipinski definition) is 0. The highest BCUT2D eigenvalue weighted by Gasteiger charge is 2.16. The number of fused-ring (bicyclic) bond motifs is 8. The zero-order valence-corrected chi connectivity index (χ0v) is 20.4. The lowest BCUT2D eigenvalue weighted by atomic mass is 9.94. The van der Waals surface area contributed by atoms with Crippen LogP contribution in [0.3, 0.4) is 0 Å². The van der Waals surface area contributed by atoms with Gasteiger partial charge in [0, 0.05) is 20.2 Å². The summed E-state index contributed by atoms with van der Waals surface area (Å²) in [5, 5.41) is 10.6. The molecule has 0 amide bonds. The van der Waals surface area contributed by atoms with E-state index < -0.39 is 0 Å². The van der Waals surface area contributed by atoms with Crippen LogP contribution in [0.4, 0.5) is 0 Å². The summed E-state index contributed by atoms with van der Waals surface area (Å²) < 4.78 is 8.57. The van der Waals surface area contributed by atoms with Crippen LogP contribution in [0.2, 0.25) is 0 Å². The summed E-state index contributed by atoms with van der Waals surface area (Å²) in [5.41, 5.74) is 2.68. The van der Waals surface area contributed by atoms with E-state index in [0.29, 0.717) is 0 Å². The number of thiophene rings is 1. The third-order valence-electron chi connectivity index (χ3n) is 7.24. The molecule has 1 nitrogen and oxygen atoms in total. The summed E-state index contributed by atoms with van der Waals surface area (Å²) in [6, 6.07) is 37.6. The fraction of sp³-hybridized carbons (Fsp3) is 0.0909. The number of methoxy groups -OCH3 is 1. The molecule has 0 N–H and O–H groups in total. The van der Waals surface area contributed by atoms with E-state index in [0.717, 1.165) is 18.6 Å². The van der Waals surface area contributed by atoms with Crippen LogP contribution in [0, 0.1) is 0 Å². The molecular weight excluding hydrogens is 444 g/mol. The molecule has 6 aromatic carbocycles. The van der Waals surface area contributed by atoms with Crippen LogP contribution in [0.15, 0.2) is 103 Å². The van der Waals surface area contributed by atoms with Gasteiger partial charge in [0.05, 0.1) is 7.11 Å². The van der Waals surface area contributed by atoms with Gasteiger partial charge in [-0.3, -0.25) is 0 Å². The fourth-order valence-electron chi connectivity index (χ4n) is 5.56. The Morgan fingerprint density at radius 1 is 0.571 bits per heavy atom. The minimum Gasteiger partial charge on any atom is -0.496 e. The zero-order valence-electron chi connectivity index (χ0n) is 19.5. The SMILES string of the molecule is COc1cc2ccccc2cc1CCc1cc2ccccc2c2c1sc1ccc3ccccc3c12. The number of hydrogen-bond acceptors (Lipinski definition) is 2. The first-order valence-corrected chi connectivity index (χ1v) is 12.9. The van der Waals surface area contributed by atoms with Gasteiger partial charge in [-0.25, -0.2) is 0 Å². The summed E-state index contributed by atoms with van der Waals surface area (Å²) in [4.78, 5) is 0. The molecule has 2 heteroatoms. The lowest BCUT2D eigenvalue weighted by Gasteiger charge is -2.12. The molecule has 0 bridgehead atoms. The lowest BCUT2D eigenvalue weighted by Crippen LogP contribution is -1.96. The van der Waals surface area contributed by atoms with Crippen molar-refractivity contribution >= 4 is 63.8 Å². The smallest absolute Gasteiger partial charge is 0.122 e. The number of aryl methyl sites for hydroxylation is 2. The van der Waals surface area contributed by atoms with Gasteiger partial charge in [-0.2, -0.15) is 0 Å². The maximum absolute atomic E-state index is 5.80. The third-order valence-corrected chi connectivity index (χ3v) is 8.47. The average Bonchev–Trinajstić information content (AvgIpc) is 3.32. The summed E-state index contributed by atoms with van der Waals surface area (Å²) in [6.07, 6.45) is 1.91. The van der Waals surface area contributed by atoms with Crippen LogP contribution in [-0.4, -0.2) is 7.11 Å². The molecule has 0 atom stereocenters. The number of rotatable bonds is 4. The Morgan fingerprint density at radius 3 is 1.94 bits per heavy atom. The molecule has 0 fully saturated rings. The van der Waals surface area contributed by atoms with Gasteiger partial charge in [-0.1, -0.05) is 78.9 Å². The Labute approximate surface area is 208 Å². The number of ether oxygens (including phenoxy) is 1. The summed E-state index contributed by atoms with van der Waals surface area (Å²) in [7, 11) is 1.78. The van der Waals surface area contributed by atoms with Gasteiger partial charge >= 0.3 is 0 Å². The van der Waals surface area contributed by atoms with Crippen molar-refractivity contribution in [3.05, 3.63) is 114 Å². The van der Waals surface area contributed by atoms with Gasteiger partial charge in [-0.15, -0.1) is 11.3 Å². The van der Waals surface area contributed by atoms with Crippen LogP contribution >= 0.6 is 11.3 Å². The monoisotopic (exact) mass is 468 g/mol. The van der Waals surface area contributed by atoms with Crippen molar-refractivity contribution in [2.75, 3.05) is 7.11 Å². The van der Waals surface area contributed by atoms with E-state index in [-0.39, 0.29) is 0 Å². The Hall–Kier alpha value is -3.88. The van der Waals surface area contributed by atoms with Crippen molar-refractivity contribution in [1.29, 1.82) is 0 Å². The molecule has 0 radical (unpaired) electrons. The van der Waals surface area contributed by atoms with Gasteiger partial charge in [0.25, 0.3) is 0 Å². The molecule has 7 aromatic rings. The van der Waals surface area contributed by atoms with Gasteiger partial charge in [0.15, 0.2) is 0 Å². The quantitative estimate of drug-likeness (QED) is 0.250. The van der Waals surface area contributed by atoms with E-state index in [1.807, 2.05) is 11.3 Å². The molecule has 1 aromatic heterocycles. The van der Waals surface area contributed by atoms with E-state index in [1.165, 1.54) is 63.6 Å². The predicted octanol–water partition coefficient (Wildman–Crippen LogP) is 9.31. The second-order valence-corrected chi connectivity index (χ2v) is 10.3. The maximum atomic E-state index is 5.80. The summed E-state index contributed by atoms with van der Waals surface area (Å²) in [6.45, 7) is 0. The highest BCUT2D eigenvalue weighted by Crippen LogP contribution is 2.44. The molecule has 1 heterocycles. The lowest BCUT2D eigenvalue weighted by molar-refractivity contribution is 0.410. The topological polar surface area (TPSA) is 9.23 Å². The largest absolute Gasteiger partial charge is 0.496 e. The molecule has 168 valence electrons. The molecule has 0 unspecified atom stereocenters. The summed E-state index contributed by atoms with van der Waals surface area (Å²) >= 11 is 1.93. The van der Waals surface area contributed by atoms with Crippen LogP contribution in [0.25, 0.3) is 52.5 Å². The molecule has 0 saturated carbocycles. The first-order valence-electron chi connectivity index (χ1n) is 12.1. The molecule has 0 aliphatic heterocycles. The molecule has 0 aliphatic carbocycles.